The molecule has 0 aliphatic rings. The molecule has 0 aliphatic heterocycles. The zero-order valence-electron chi connectivity index (χ0n) is 7.29. The Bertz CT molecular complexity index is 44.7. The summed E-state index contributed by atoms with van der Waals surface area (Å²) in [6, 6.07) is 0. The molecule has 2 heteroatoms. The monoisotopic (exact) mass is 176 g/mol. The average molecular weight is 177 g/mol. The maximum atomic E-state index is 3.37. The summed E-state index contributed by atoms with van der Waals surface area (Å²) in [6.45, 7) is 6.59. The first-order valence-electron chi connectivity index (χ1n) is 2.12. The van der Waals surface area contributed by atoms with E-state index >= 15 is 0 Å². The molecular formula is C5H13BrMg. The van der Waals surface area contributed by atoms with E-state index in [0.29, 0.717) is 5.41 Å². The fraction of sp³-hybridized carbons (Fsp3) is 1.00. The third-order valence-corrected chi connectivity index (χ3v) is 2.08. The third kappa shape index (κ3) is 11.1. The number of alkyl halides is 1. The first-order chi connectivity index (χ1) is 2.56. The van der Waals surface area contributed by atoms with Crippen molar-refractivity contribution in [3.8, 4) is 0 Å². The van der Waals surface area contributed by atoms with Crippen molar-refractivity contribution in [3.05, 3.63) is 0 Å². The van der Waals surface area contributed by atoms with Crippen LogP contribution in [-0.2, 0) is 0 Å². The standard InChI is InChI=1S/C5H11Br.Mg.2H/c1-5(2,3)4-6;;;/h4H2,1-3H3;;;/q;+2;2*-1. The van der Waals surface area contributed by atoms with Crippen molar-refractivity contribution < 1.29 is 2.85 Å². The van der Waals surface area contributed by atoms with Gasteiger partial charge in [0.15, 0.2) is 0 Å². The van der Waals surface area contributed by atoms with Crippen LogP contribution in [0.4, 0.5) is 0 Å². The topological polar surface area (TPSA) is 0 Å². The zero-order chi connectivity index (χ0) is 5.21. The van der Waals surface area contributed by atoms with Crippen LogP contribution in [0.5, 0.6) is 0 Å². The van der Waals surface area contributed by atoms with Gasteiger partial charge in [0.2, 0.25) is 0 Å². The summed E-state index contributed by atoms with van der Waals surface area (Å²) in [6.07, 6.45) is 0. The Morgan fingerprint density at radius 2 is 1.57 bits per heavy atom. The molecule has 0 radical (unpaired) electrons. The van der Waals surface area contributed by atoms with Gasteiger partial charge in [-0.05, 0) is 5.41 Å². The Morgan fingerprint density at radius 1 is 1.43 bits per heavy atom. The summed E-state index contributed by atoms with van der Waals surface area (Å²) >= 11 is 3.37. The van der Waals surface area contributed by atoms with E-state index in [4.69, 9.17) is 0 Å². The number of hydrogen-bond donors (Lipinski definition) is 0. The SMILES string of the molecule is CC(C)(C)CBr.[H-].[H-].[Mg+2]. The van der Waals surface area contributed by atoms with Crippen molar-refractivity contribution in [1.82, 2.24) is 0 Å². The normalized spacial score (nSPS) is 10.3. The van der Waals surface area contributed by atoms with Gasteiger partial charge < -0.3 is 2.85 Å². The Hall–Kier alpha value is 1.25. The van der Waals surface area contributed by atoms with Gasteiger partial charge in [-0.1, -0.05) is 36.7 Å². The number of rotatable bonds is 0. The second-order valence-electron chi connectivity index (χ2n) is 2.69. The van der Waals surface area contributed by atoms with Crippen molar-refractivity contribution in [2.24, 2.45) is 5.41 Å². The van der Waals surface area contributed by atoms with Gasteiger partial charge in [-0.3, -0.25) is 0 Å². The van der Waals surface area contributed by atoms with Crippen LogP contribution < -0.4 is 0 Å². The number of hydrogen-bond acceptors (Lipinski definition) is 0. The Balaban J connectivity index is -0.0000000417. The Morgan fingerprint density at radius 3 is 1.57 bits per heavy atom. The fourth-order valence-corrected chi connectivity index (χ4v) is 0. The van der Waals surface area contributed by atoms with E-state index in [1.165, 1.54) is 0 Å². The maximum Gasteiger partial charge on any atom is 2.00 e. The van der Waals surface area contributed by atoms with Crippen LogP contribution in [0.25, 0.3) is 0 Å². The van der Waals surface area contributed by atoms with Gasteiger partial charge in [-0.15, -0.1) is 0 Å². The van der Waals surface area contributed by atoms with E-state index in [-0.39, 0.29) is 25.9 Å². The summed E-state index contributed by atoms with van der Waals surface area (Å²) in [5.74, 6) is 0. The van der Waals surface area contributed by atoms with Gasteiger partial charge in [0.25, 0.3) is 0 Å². The molecule has 0 amide bonds. The molecule has 0 bridgehead atoms. The molecule has 0 unspecified atom stereocenters. The molecule has 0 spiro atoms. The minimum absolute atomic E-state index is 0. The van der Waals surface area contributed by atoms with Crippen molar-refractivity contribution in [3.63, 3.8) is 0 Å². The quantitative estimate of drug-likeness (QED) is 0.393. The minimum atomic E-state index is 0. The summed E-state index contributed by atoms with van der Waals surface area (Å²) in [5.41, 5.74) is 0.458. The molecule has 0 saturated heterocycles. The molecule has 0 aliphatic carbocycles. The van der Waals surface area contributed by atoms with Crippen LogP contribution in [0.15, 0.2) is 0 Å². The Kier molecular flexibility index (Phi) is 6.59. The molecule has 0 rings (SSSR count). The van der Waals surface area contributed by atoms with Crippen LogP contribution in [0, 0.1) is 5.41 Å². The molecule has 0 aromatic rings. The van der Waals surface area contributed by atoms with E-state index in [9.17, 15) is 0 Å². The van der Waals surface area contributed by atoms with Crippen LogP contribution in [-0.4, -0.2) is 28.4 Å². The van der Waals surface area contributed by atoms with Crippen LogP contribution in [0.3, 0.4) is 0 Å². The van der Waals surface area contributed by atoms with Crippen molar-refractivity contribution >= 4 is 39.0 Å². The predicted molar refractivity (Wildman–Crippen MR) is 41.2 cm³/mol. The van der Waals surface area contributed by atoms with Gasteiger partial charge >= 0.3 is 23.1 Å². The van der Waals surface area contributed by atoms with Gasteiger partial charge in [-0.25, -0.2) is 0 Å². The smallest absolute Gasteiger partial charge is 1.00 e. The predicted octanol–water partition coefficient (Wildman–Crippen LogP) is 2.27. The van der Waals surface area contributed by atoms with E-state index < -0.39 is 0 Å². The molecule has 0 saturated carbocycles. The molecule has 7 heavy (non-hydrogen) atoms. The molecule has 0 N–H and O–H groups in total. The summed E-state index contributed by atoms with van der Waals surface area (Å²) in [5, 5.41) is 1.08. The molecule has 0 nitrogen and oxygen atoms in total. The van der Waals surface area contributed by atoms with E-state index in [0.717, 1.165) is 5.33 Å². The average Bonchev–Trinajstić information content (AvgIpc) is 1.35. The second-order valence-corrected chi connectivity index (χ2v) is 3.26. The molecule has 0 fully saturated rings. The molecule has 0 heterocycles. The van der Waals surface area contributed by atoms with Crippen LogP contribution >= 0.6 is 15.9 Å². The van der Waals surface area contributed by atoms with Gasteiger partial charge in [0.1, 0.15) is 0 Å². The fourth-order valence-electron chi connectivity index (χ4n) is 0. The second kappa shape index (κ2) is 4.16. The molecule has 0 atom stereocenters. The largest absolute Gasteiger partial charge is 2.00 e. The first kappa shape index (κ1) is 11.1. The van der Waals surface area contributed by atoms with Gasteiger partial charge in [0.05, 0.1) is 0 Å². The molecule has 0 aromatic carbocycles. The van der Waals surface area contributed by atoms with Crippen molar-refractivity contribution in [2.45, 2.75) is 20.8 Å². The van der Waals surface area contributed by atoms with Crippen molar-refractivity contribution in [1.29, 1.82) is 0 Å². The van der Waals surface area contributed by atoms with Crippen LogP contribution in [0.1, 0.15) is 23.6 Å². The molecule has 0 aromatic heterocycles. The van der Waals surface area contributed by atoms with E-state index in [1.807, 2.05) is 0 Å². The number of halogens is 1. The minimum Gasteiger partial charge on any atom is -1.00 e. The van der Waals surface area contributed by atoms with E-state index in [1.54, 1.807) is 0 Å². The van der Waals surface area contributed by atoms with E-state index in [2.05, 4.69) is 36.7 Å². The van der Waals surface area contributed by atoms with Gasteiger partial charge in [-0.2, -0.15) is 0 Å². The first-order valence-corrected chi connectivity index (χ1v) is 3.24. The van der Waals surface area contributed by atoms with Crippen molar-refractivity contribution in [2.75, 3.05) is 5.33 Å². The Labute approximate surface area is 73.3 Å². The van der Waals surface area contributed by atoms with Crippen LogP contribution in [0.2, 0.25) is 0 Å². The summed E-state index contributed by atoms with van der Waals surface area (Å²) < 4.78 is 0. The summed E-state index contributed by atoms with van der Waals surface area (Å²) in [4.78, 5) is 0. The maximum absolute atomic E-state index is 3.37. The van der Waals surface area contributed by atoms with Gasteiger partial charge in [0, 0.05) is 5.33 Å². The third-order valence-electron chi connectivity index (χ3n) is 0.401. The molecular weight excluding hydrogens is 164 g/mol. The summed E-state index contributed by atoms with van der Waals surface area (Å²) in [7, 11) is 0. The molecule has 42 valence electrons. The zero-order valence-corrected chi connectivity index (χ0v) is 8.29.